The average Bonchev–Trinajstić information content (AvgIpc) is 3.31. The summed E-state index contributed by atoms with van der Waals surface area (Å²) in [5.41, 5.74) is 2.84. The zero-order chi connectivity index (χ0) is 22.0. The molecule has 2 amide bonds. The van der Waals surface area contributed by atoms with E-state index >= 15 is 0 Å². The van der Waals surface area contributed by atoms with E-state index in [9.17, 15) is 14.4 Å². The summed E-state index contributed by atoms with van der Waals surface area (Å²) in [5.74, 6) is 0.271. The quantitative estimate of drug-likeness (QED) is 0.772. The van der Waals surface area contributed by atoms with Gasteiger partial charge in [-0.15, -0.1) is 0 Å². The first-order valence-electron chi connectivity index (χ1n) is 11.1. The molecule has 164 valence electrons. The van der Waals surface area contributed by atoms with Gasteiger partial charge < -0.3 is 14.8 Å². The van der Waals surface area contributed by atoms with Gasteiger partial charge in [-0.25, -0.2) is 4.79 Å². The first-order valence-corrected chi connectivity index (χ1v) is 11.1. The lowest BCUT2D eigenvalue weighted by Crippen LogP contribution is -2.39. The van der Waals surface area contributed by atoms with Crippen LogP contribution in [0.15, 0.2) is 35.1 Å². The molecule has 0 saturated carbocycles. The molecule has 1 unspecified atom stereocenters. The standard InChI is InChI=1S/C24H30N4O3/c1-17-20(18(2)26-23(31)25-17)8-9-21(29)28-15-12-24(16-28)11-14-27(22(24)30)13-10-19-6-4-3-5-7-19/h3-7H,8-16H2,1-2H3,(H,25,26,31). The van der Waals surface area contributed by atoms with E-state index in [4.69, 9.17) is 0 Å². The molecule has 2 aliphatic rings. The van der Waals surface area contributed by atoms with Crippen molar-refractivity contribution in [2.75, 3.05) is 26.2 Å². The lowest BCUT2D eigenvalue weighted by atomic mass is 9.85. The summed E-state index contributed by atoms with van der Waals surface area (Å²) < 4.78 is 0. The molecule has 2 saturated heterocycles. The highest BCUT2D eigenvalue weighted by atomic mass is 16.2. The maximum absolute atomic E-state index is 13.2. The third kappa shape index (κ3) is 4.40. The predicted octanol–water partition coefficient (Wildman–Crippen LogP) is 2.01. The van der Waals surface area contributed by atoms with Crippen molar-refractivity contribution in [2.24, 2.45) is 5.41 Å². The number of hydrogen-bond donors (Lipinski definition) is 1. The van der Waals surface area contributed by atoms with Crippen LogP contribution in [0.2, 0.25) is 0 Å². The van der Waals surface area contributed by atoms with Crippen LogP contribution in [0, 0.1) is 19.3 Å². The zero-order valence-electron chi connectivity index (χ0n) is 18.3. The summed E-state index contributed by atoms with van der Waals surface area (Å²) in [5, 5.41) is 0. The highest BCUT2D eigenvalue weighted by molar-refractivity contribution is 5.87. The Balaban J connectivity index is 1.33. The normalized spacial score (nSPS) is 20.8. The number of hydrogen-bond acceptors (Lipinski definition) is 4. The number of aromatic amines is 1. The van der Waals surface area contributed by atoms with Crippen molar-refractivity contribution >= 4 is 11.8 Å². The lowest BCUT2D eigenvalue weighted by molar-refractivity contribution is -0.136. The van der Waals surface area contributed by atoms with E-state index in [1.165, 1.54) is 5.56 Å². The van der Waals surface area contributed by atoms with Crippen LogP contribution in [0.5, 0.6) is 0 Å². The van der Waals surface area contributed by atoms with Crippen LogP contribution in [0.25, 0.3) is 0 Å². The van der Waals surface area contributed by atoms with Crippen LogP contribution in [-0.4, -0.2) is 57.8 Å². The van der Waals surface area contributed by atoms with E-state index in [2.05, 4.69) is 22.1 Å². The summed E-state index contributed by atoms with van der Waals surface area (Å²) in [4.78, 5) is 47.9. The van der Waals surface area contributed by atoms with Gasteiger partial charge in [-0.05, 0) is 50.7 Å². The second-order valence-electron chi connectivity index (χ2n) is 8.85. The largest absolute Gasteiger partial charge is 0.345 e. The molecule has 31 heavy (non-hydrogen) atoms. The lowest BCUT2D eigenvalue weighted by Gasteiger charge is -2.24. The molecule has 1 aromatic carbocycles. The molecule has 1 N–H and O–H groups in total. The molecule has 2 aliphatic heterocycles. The number of aryl methyl sites for hydroxylation is 2. The Hall–Kier alpha value is -2.96. The molecule has 2 aromatic rings. The van der Waals surface area contributed by atoms with Crippen LogP contribution in [0.4, 0.5) is 0 Å². The Morgan fingerprint density at radius 2 is 1.84 bits per heavy atom. The molecule has 2 fully saturated rings. The molecule has 3 heterocycles. The van der Waals surface area contributed by atoms with Gasteiger partial charge in [-0.3, -0.25) is 9.59 Å². The predicted molar refractivity (Wildman–Crippen MR) is 118 cm³/mol. The number of carbonyl (C=O) groups is 2. The fourth-order valence-electron chi connectivity index (χ4n) is 4.99. The van der Waals surface area contributed by atoms with Gasteiger partial charge in [-0.1, -0.05) is 30.3 Å². The van der Waals surface area contributed by atoms with Crippen LogP contribution in [0.3, 0.4) is 0 Å². The topological polar surface area (TPSA) is 86.4 Å². The van der Waals surface area contributed by atoms with Crippen molar-refractivity contribution < 1.29 is 9.59 Å². The van der Waals surface area contributed by atoms with Crippen molar-refractivity contribution in [3.8, 4) is 0 Å². The minimum absolute atomic E-state index is 0.0670. The Labute approximate surface area is 182 Å². The van der Waals surface area contributed by atoms with Gasteiger partial charge >= 0.3 is 5.69 Å². The van der Waals surface area contributed by atoms with Gasteiger partial charge in [0.15, 0.2) is 0 Å². The fraction of sp³-hybridized carbons (Fsp3) is 0.500. The number of carbonyl (C=O) groups excluding carboxylic acids is 2. The Morgan fingerprint density at radius 1 is 1.10 bits per heavy atom. The summed E-state index contributed by atoms with van der Waals surface area (Å²) >= 11 is 0. The van der Waals surface area contributed by atoms with E-state index in [0.29, 0.717) is 31.6 Å². The first-order chi connectivity index (χ1) is 14.9. The van der Waals surface area contributed by atoms with E-state index in [0.717, 1.165) is 43.6 Å². The van der Waals surface area contributed by atoms with E-state index in [1.807, 2.05) is 34.9 Å². The number of nitrogens with one attached hydrogen (secondary N) is 1. The summed E-state index contributed by atoms with van der Waals surface area (Å²) in [6.45, 7) is 6.30. The maximum Gasteiger partial charge on any atom is 0.345 e. The summed E-state index contributed by atoms with van der Waals surface area (Å²) in [6.07, 6.45) is 3.33. The number of benzene rings is 1. The number of likely N-dealkylation sites (tertiary alicyclic amines) is 2. The van der Waals surface area contributed by atoms with Gasteiger partial charge in [0.2, 0.25) is 11.8 Å². The molecule has 1 atom stereocenters. The molecule has 1 aromatic heterocycles. The second-order valence-corrected chi connectivity index (χ2v) is 8.85. The third-order valence-electron chi connectivity index (χ3n) is 6.86. The van der Waals surface area contributed by atoms with Gasteiger partial charge in [0, 0.05) is 44.0 Å². The van der Waals surface area contributed by atoms with Gasteiger partial charge in [-0.2, -0.15) is 4.98 Å². The SMILES string of the molecule is Cc1nc(=O)[nH]c(C)c1CCC(=O)N1CCC2(CCN(CCc3ccccc3)C2=O)C1. The maximum atomic E-state index is 13.2. The molecule has 0 aliphatic carbocycles. The monoisotopic (exact) mass is 422 g/mol. The first kappa shape index (κ1) is 21.3. The minimum Gasteiger partial charge on any atom is -0.342 e. The number of aromatic nitrogens is 2. The molecule has 1 spiro atoms. The molecular formula is C24H30N4O3. The van der Waals surface area contributed by atoms with Crippen molar-refractivity contribution in [1.29, 1.82) is 0 Å². The average molecular weight is 423 g/mol. The number of amides is 2. The van der Waals surface area contributed by atoms with Crippen LogP contribution < -0.4 is 5.69 Å². The molecule has 0 bridgehead atoms. The summed E-state index contributed by atoms with van der Waals surface area (Å²) in [6, 6.07) is 10.2. The number of nitrogens with zero attached hydrogens (tertiary/aromatic N) is 3. The highest BCUT2D eigenvalue weighted by Gasteiger charge is 2.51. The van der Waals surface area contributed by atoms with E-state index in [-0.39, 0.29) is 17.5 Å². The van der Waals surface area contributed by atoms with Gasteiger partial charge in [0.25, 0.3) is 0 Å². The van der Waals surface area contributed by atoms with Crippen molar-refractivity contribution in [3.05, 3.63) is 63.3 Å². The van der Waals surface area contributed by atoms with E-state index in [1.54, 1.807) is 6.92 Å². The smallest absolute Gasteiger partial charge is 0.342 e. The van der Waals surface area contributed by atoms with E-state index < -0.39 is 5.41 Å². The number of rotatable bonds is 6. The molecule has 7 nitrogen and oxygen atoms in total. The Bertz CT molecular complexity index is 1010. The van der Waals surface area contributed by atoms with Gasteiger partial charge in [0.05, 0.1) is 5.41 Å². The van der Waals surface area contributed by atoms with Crippen molar-refractivity contribution in [3.63, 3.8) is 0 Å². The van der Waals surface area contributed by atoms with Crippen molar-refractivity contribution in [1.82, 2.24) is 19.8 Å². The fourth-order valence-corrected chi connectivity index (χ4v) is 4.99. The van der Waals surface area contributed by atoms with Crippen LogP contribution in [-0.2, 0) is 22.4 Å². The summed E-state index contributed by atoms with van der Waals surface area (Å²) in [7, 11) is 0. The zero-order valence-corrected chi connectivity index (χ0v) is 18.3. The third-order valence-corrected chi connectivity index (χ3v) is 6.86. The van der Waals surface area contributed by atoms with Crippen LogP contribution >= 0.6 is 0 Å². The van der Waals surface area contributed by atoms with Crippen molar-refractivity contribution in [2.45, 2.75) is 46.0 Å². The Morgan fingerprint density at radius 3 is 2.58 bits per heavy atom. The number of H-pyrrole nitrogens is 1. The highest BCUT2D eigenvalue weighted by Crippen LogP contribution is 2.41. The second kappa shape index (κ2) is 8.65. The Kier molecular flexibility index (Phi) is 5.94. The molecule has 0 radical (unpaired) electrons. The minimum atomic E-state index is -0.405. The van der Waals surface area contributed by atoms with Crippen LogP contribution in [0.1, 0.15) is 41.8 Å². The molecule has 4 rings (SSSR count). The van der Waals surface area contributed by atoms with Gasteiger partial charge in [0.1, 0.15) is 0 Å². The molecular weight excluding hydrogens is 392 g/mol. The molecule has 7 heteroatoms.